The predicted octanol–water partition coefficient (Wildman–Crippen LogP) is 5.96. The SMILES string of the molecule is O=C(c1ccc2c(c1)OCC(c1ccc(Cl)cc1)N2S(=O)(=O)c1cccnc1)N1CCC(c2nc3ccccc3[nH]2)CC1. The highest BCUT2D eigenvalue weighted by Crippen LogP contribution is 2.44. The number of para-hydroxylation sites is 2. The van der Waals surface area contributed by atoms with Crippen molar-refractivity contribution in [1.29, 1.82) is 0 Å². The minimum Gasteiger partial charge on any atom is -0.489 e. The number of rotatable bonds is 5. The molecule has 1 fully saturated rings. The predicted molar refractivity (Wildman–Crippen MR) is 164 cm³/mol. The summed E-state index contributed by atoms with van der Waals surface area (Å²) in [5, 5.41) is 0.548. The van der Waals surface area contributed by atoms with Gasteiger partial charge in [-0.25, -0.2) is 13.4 Å². The van der Waals surface area contributed by atoms with Crippen molar-refractivity contribution < 1.29 is 17.9 Å². The molecule has 0 saturated carbocycles. The van der Waals surface area contributed by atoms with Crippen LogP contribution in [0.3, 0.4) is 0 Å². The van der Waals surface area contributed by atoms with Gasteiger partial charge in [0.1, 0.15) is 29.1 Å². The molecule has 1 N–H and O–H groups in total. The first kappa shape index (κ1) is 27.4. The number of benzene rings is 3. The number of likely N-dealkylation sites (tertiary alicyclic amines) is 1. The maximum atomic E-state index is 14.0. The molecular formula is C32H28ClN5O4S. The first-order valence-corrected chi connectivity index (χ1v) is 15.9. The van der Waals surface area contributed by atoms with Crippen molar-refractivity contribution >= 4 is 44.3 Å². The Balaban J connectivity index is 1.15. The number of H-pyrrole nitrogens is 1. The number of anilines is 1. The van der Waals surface area contributed by atoms with E-state index in [1.165, 1.54) is 22.8 Å². The van der Waals surface area contributed by atoms with Gasteiger partial charge in [0.2, 0.25) is 0 Å². The lowest BCUT2D eigenvalue weighted by atomic mass is 9.95. The minimum atomic E-state index is -4.03. The number of nitrogens with one attached hydrogen (secondary N) is 1. The zero-order valence-electron chi connectivity index (χ0n) is 23.1. The number of imidazole rings is 1. The molecule has 2 aliphatic heterocycles. The van der Waals surface area contributed by atoms with Crippen molar-refractivity contribution in [2.75, 3.05) is 24.0 Å². The summed E-state index contributed by atoms with van der Waals surface area (Å²) < 4.78 is 35.5. The first-order valence-electron chi connectivity index (χ1n) is 14.1. The smallest absolute Gasteiger partial charge is 0.266 e. The molecule has 218 valence electrons. The van der Waals surface area contributed by atoms with Crippen LogP contribution in [-0.4, -0.2) is 53.9 Å². The number of pyridine rings is 1. The molecule has 0 spiro atoms. The Bertz CT molecular complexity index is 1870. The molecule has 9 nitrogen and oxygen atoms in total. The highest BCUT2D eigenvalue weighted by atomic mass is 35.5. The third-order valence-corrected chi connectivity index (χ3v) is 10.2. The van der Waals surface area contributed by atoms with E-state index in [1.807, 2.05) is 29.2 Å². The van der Waals surface area contributed by atoms with E-state index in [2.05, 4.69) is 9.97 Å². The average Bonchev–Trinajstić information content (AvgIpc) is 3.49. The minimum absolute atomic E-state index is 0.0641. The second-order valence-electron chi connectivity index (χ2n) is 10.8. The molecule has 1 saturated heterocycles. The number of hydrogen-bond donors (Lipinski definition) is 1. The first-order chi connectivity index (χ1) is 20.9. The van der Waals surface area contributed by atoms with E-state index in [-0.39, 0.29) is 23.3 Å². The van der Waals surface area contributed by atoms with Gasteiger partial charge in [0, 0.05) is 42.0 Å². The van der Waals surface area contributed by atoms with E-state index in [4.69, 9.17) is 21.3 Å². The third kappa shape index (κ3) is 5.10. The van der Waals surface area contributed by atoms with Crippen LogP contribution in [0.1, 0.15) is 46.5 Å². The number of ether oxygens (including phenoxy) is 1. The number of piperidine rings is 1. The van der Waals surface area contributed by atoms with Crippen LogP contribution in [-0.2, 0) is 10.0 Å². The van der Waals surface area contributed by atoms with Gasteiger partial charge >= 0.3 is 0 Å². The fourth-order valence-electron chi connectivity index (χ4n) is 5.88. The lowest BCUT2D eigenvalue weighted by Gasteiger charge is -2.38. The number of amides is 1. The Morgan fingerprint density at radius 1 is 0.977 bits per heavy atom. The highest BCUT2D eigenvalue weighted by molar-refractivity contribution is 7.92. The van der Waals surface area contributed by atoms with E-state index in [0.29, 0.717) is 35.1 Å². The Morgan fingerprint density at radius 2 is 1.77 bits per heavy atom. The van der Waals surface area contributed by atoms with E-state index in [0.717, 1.165) is 35.3 Å². The largest absolute Gasteiger partial charge is 0.489 e. The zero-order valence-corrected chi connectivity index (χ0v) is 24.6. The van der Waals surface area contributed by atoms with Crippen molar-refractivity contribution in [3.63, 3.8) is 0 Å². The van der Waals surface area contributed by atoms with Gasteiger partial charge in [-0.3, -0.25) is 14.1 Å². The van der Waals surface area contributed by atoms with Gasteiger partial charge in [0.15, 0.2) is 0 Å². The van der Waals surface area contributed by atoms with Crippen LogP contribution in [0.25, 0.3) is 11.0 Å². The molecule has 2 aliphatic rings. The zero-order chi connectivity index (χ0) is 29.6. The Morgan fingerprint density at radius 3 is 2.51 bits per heavy atom. The van der Waals surface area contributed by atoms with Gasteiger partial charge in [-0.1, -0.05) is 35.9 Å². The van der Waals surface area contributed by atoms with Crippen molar-refractivity contribution in [3.05, 3.63) is 113 Å². The Hall–Kier alpha value is -4.41. The van der Waals surface area contributed by atoms with Crippen LogP contribution in [0.15, 0.2) is 96.2 Å². The van der Waals surface area contributed by atoms with E-state index in [9.17, 15) is 13.2 Å². The van der Waals surface area contributed by atoms with Gasteiger partial charge in [0.25, 0.3) is 15.9 Å². The van der Waals surface area contributed by atoms with Gasteiger partial charge in [0.05, 0.1) is 16.7 Å². The maximum Gasteiger partial charge on any atom is 0.266 e. The number of fused-ring (bicyclic) bond motifs is 2. The lowest BCUT2D eigenvalue weighted by molar-refractivity contribution is 0.0710. The normalized spacial score (nSPS) is 17.5. The van der Waals surface area contributed by atoms with Crippen LogP contribution < -0.4 is 9.04 Å². The van der Waals surface area contributed by atoms with Crippen LogP contribution in [0.2, 0.25) is 5.02 Å². The molecule has 4 heterocycles. The number of carbonyl (C=O) groups is 1. The van der Waals surface area contributed by atoms with Crippen molar-refractivity contribution in [2.24, 2.45) is 0 Å². The number of aromatic nitrogens is 3. The number of nitrogens with zero attached hydrogens (tertiary/aromatic N) is 4. The van der Waals surface area contributed by atoms with Gasteiger partial charge in [-0.15, -0.1) is 0 Å². The fraction of sp³-hybridized carbons (Fsp3) is 0.219. The molecule has 0 bridgehead atoms. The van der Waals surface area contributed by atoms with Crippen molar-refractivity contribution in [1.82, 2.24) is 19.9 Å². The standard InChI is InChI=1S/C32H28ClN5O4S/c33-24-10-7-21(8-11-24)29-20-42-30-18-23(9-12-28(30)38(29)43(40,41)25-4-3-15-34-19-25)32(39)37-16-13-22(14-17-37)31-35-26-5-1-2-6-27(26)36-31/h1-12,15,18-19,22,29H,13-14,16-17,20H2,(H,35,36). The van der Waals surface area contributed by atoms with Crippen molar-refractivity contribution in [3.8, 4) is 5.75 Å². The molecule has 43 heavy (non-hydrogen) atoms. The maximum absolute atomic E-state index is 14.0. The molecular weight excluding hydrogens is 586 g/mol. The quantitative estimate of drug-likeness (QED) is 0.262. The van der Waals surface area contributed by atoms with Gasteiger partial charge in [-0.05, 0) is 73.0 Å². The Labute approximate surface area is 254 Å². The number of aromatic amines is 1. The van der Waals surface area contributed by atoms with E-state index >= 15 is 0 Å². The second-order valence-corrected chi connectivity index (χ2v) is 13.0. The summed E-state index contributed by atoms with van der Waals surface area (Å²) in [6.07, 6.45) is 4.45. The number of halogens is 1. The molecule has 0 radical (unpaired) electrons. The number of sulfonamides is 1. The van der Waals surface area contributed by atoms with Crippen LogP contribution in [0.4, 0.5) is 5.69 Å². The highest BCUT2D eigenvalue weighted by Gasteiger charge is 2.39. The van der Waals surface area contributed by atoms with Crippen LogP contribution in [0.5, 0.6) is 5.75 Å². The summed E-state index contributed by atoms with van der Waals surface area (Å²) in [5.41, 5.74) is 3.50. The molecule has 7 rings (SSSR count). The van der Waals surface area contributed by atoms with Crippen molar-refractivity contribution in [2.45, 2.75) is 29.7 Å². The summed E-state index contributed by atoms with van der Waals surface area (Å²) in [6.45, 7) is 1.26. The molecule has 5 aromatic rings. The number of hydrogen-bond acceptors (Lipinski definition) is 6. The van der Waals surface area contributed by atoms with Gasteiger partial charge < -0.3 is 14.6 Å². The summed E-state index contributed by atoms with van der Waals surface area (Å²) in [5.74, 6) is 1.43. The van der Waals surface area contributed by atoms with E-state index in [1.54, 1.807) is 48.5 Å². The molecule has 11 heteroatoms. The number of carbonyl (C=O) groups excluding carboxylic acids is 1. The molecule has 2 aromatic heterocycles. The summed E-state index contributed by atoms with van der Waals surface area (Å²) in [6, 6.07) is 22.4. The topological polar surface area (TPSA) is 108 Å². The molecule has 0 aliphatic carbocycles. The second kappa shape index (κ2) is 11.0. The molecule has 3 aromatic carbocycles. The summed E-state index contributed by atoms with van der Waals surface area (Å²) in [7, 11) is -4.03. The molecule has 1 atom stereocenters. The summed E-state index contributed by atoms with van der Waals surface area (Å²) >= 11 is 6.11. The van der Waals surface area contributed by atoms with Gasteiger partial charge in [-0.2, -0.15) is 0 Å². The Kier molecular flexibility index (Phi) is 7.03. The monoisotopic (exact) mass is 613 g/mol. The molecule has 1 unspecified atom stereocenters. The molecule has 1 amide bonds. The van der Waals surface area contributed by atoms with E-state index < -0.39 is 16.1 Å². The fourth-order valence-corrected chi connectivity index (χ4v) is 7.61. The lowest BCUT2D eigenvalue weighted by Crippen LogP contribution is -2.41. The van der Waals surface area contributed by atoms with Crippen LogP contribution in [0, 0.1) is 0 Å². The third-order valence-electron chi connectivity index (χ3n) is 8.15. The summed E-state index contributed by atoms with van der Waals surface area (Å²) in [4.78, 5) is 27.7. The average molecular weight is 614 g/mol. The van der Waals surface area contributed by atoms with Crippen LogP contribution >= 0.6 is 11.6 Å².